The van der Waals surface area contributed by atoms with E-state index in [9.17, 15) is 13.2 Å². The summed E-state index contributed by atoms with van der Waals surface area (Å²) in [5.74, 6) is -0.369. The van der Waals surface area contributed by atoms with E-state index >= 15 is 0 Å². The molecule has 1 aromatic carbocycles. The second kappa shape index (κ2) is 7.24. The summed E-state index contributed by atoms with van der Waals surface area (Å²) in [7, 11) is -2.13. The lowest BCUT2D eigenvalue weighted by molar-refractivity contribution is 0.0953. The van der Waals surface area contributed by atoms with Crippen LogP contribution in [0.2, 0.25) is 5.02 Å². The summed E-state index contributed by atoms with van der Waals surface area (Å²) in [6, 6.07) is 3.99. The predicted octanol–water partition coefficient (Wildman–Crippen LogP) is 2.51. The molecule has 0 aliphatic carbocycles. The minimum Gasteiger partial charge on any atom is -0.352 e. The fourth-order valence-electron chi connectivity index (χ4n) is 1.62. The molecule has 0 spiro atoms. The molecule has 0 aliphatic rings. The number of carbonyl (C=O) groups is 1. The van der Waals surface area contributed by atoms with Crippen LogP contribution < -0.4 is 5.32 Å². The van der Waals surface area contributed by atoms with E-state index < -0.39 is 10.0 Å². The van der Waals surface area contributed by atoms with Crippen LogP contribution in [0.3, 0.4) is 0 Å². The molecule has 1 aromatic rings. The molecule has 118 valence electrons. The maximum absolute atomic E-state index is 12.4. The van der Waals surface area contributed by atoms with Crippen LogP contribution in [-0.2, 0) is 10.0 Å². The number of nitrogens with zero attached hydrogens (tertiary/aromatic N) is 1. The lowest BCUT2D eigenvalue weighted by Gasteiger charge is -2.21. The number of hydrogen-bond donors (Lipinski definition) is 1. The fourth-order valence-corrected chi connectivity index (χ4v) is 3.21. The van der Waals surface area contributed by atoms with E-state index in [4.69, 9.17) is 11.6 Å². The number of carbonyl (C=O) groups excluding carboxylic acids is 1. The molecule has 0 fully saturated rings. The van der Waals surface area contributed by atoms with Crippen molar-refractivity contribution in [3.8, 4) is 0 Å². The lowest BCUT2D eigenvalue weighted by atomic mass is 10.2. The highest BCUT2D eigenvalue weighted by Crippen LogP contribution is 2.23. The molecule has 0 saturated carbocycles. The third-order valence-corrected chi connectivity index (χ3v) is 5.48. The standard InChI is InChI=1S/C14H21ClN2O3S/c1-5-8-16-14(18)12-9-11(6-7-13(12)15)21(19,20)17(4)10(2)3/h6-7,9-10H,5,8H2,1-4H3,(H,16,18). The van der Waals surface area contributed by atoms with E-state index in [1.807, 2.05) is 6.92 Å². The summed E-state index contributed by atoms with van der Waals surface area (Å²) in [6.07, 6.45) is 0.789. The smallest absolute Gasteiger partial charge is 0.252 e. The molecule has 0 unspecified atom stereocenters. The first kappa shape index (κ1) is 17.9. The zero-order valence-electron chi connectivity index (χ0n) is 12.7. The quantitative estimate of drug-likeness (QED) is 0.870. The van der Waals surface area contributed by atoms with Gasteiger partial charge in [-0.1, -0.05) is 18.5 Å². The van der Waals surface area contributed by atoms with Gasteiger partial charge in [0.25, 0.3) is 5.91 Å². The van der Waals surface area contributed by atoms with Crippen LogP contribution in [0.1, 0.15) is 37.6 Å². The third kappa shape index (κ3) is 4.18. The number of rotatable bonds is 6. The molecule has 1 rings (SSSR count). The summed E-state index contributed by atoms with van der Waals surface area (Å²) in [5.41, 5.74) is 0.170. The molecular formula is C14H21ClN2O3S. The molecule has 1 N–H and O–H groups in total. The second-order valence-corrected chi connectivity index (χ2v) is 7.42. The number of amides is 1. The molecule has 0 aliphatic heterocycles. The van der Waals surface area contributed by atoms with Gasteiger partial charge < -0.3 is 5.32 Å². The number of sulfonamides is 1. The van der Waals surface area contributed by atoms with Gasteiger partial charge >= 0.3 is 0 Å². The largest absolute Gasteiger partial charge is 0.352 e. The van der Waals surface area contributed by atoms with Crippen LogP contribution in [0.5, 0.6) is 0 Å². The van der Waals surface area contributed by atoms with Crippen molar-refractivity contribution in [1.29, 1.82) is 0 Å². The van der Waals surface area contributed by atoms with E-state index in [0.717, 1.165) is 6.42 Å². The van der Waals surface area contributed by atoms with Crippen molar-refractivity contribution in [2.75, 3.05) is 13.6 Å². The number of halogens is 1. The van der Waals surface area contributed by atoms with Crippen LogP contribution >= 0.6 is 11.6 Å². The van der Waals surface area contributed by atoms with Crippen LogP contribution in [0.15, 0.2) is 23.1 Å². The fraction of sp³-hybridized carbons (Fsp3) is 0.500. The SMILES string of the molecule is CCCNC(=O)c1cc(S(=O)(=O)N(C)C(C)C)ccc1Cl. The van der Waals surface area contributed by atoms with E-state index in [2.05, 4.69) is 5.32 Å². The van der Waals surface area contributed by atoms with Gasteiger partial charge in [0.2, 0.25) is 10.0 Å². The van der Waals surface area contributed by atoms with Crippen LogP contribution in [0, 0.1) is 0 Å². The molecule has 1 amide bonds. The second-order valence-electron chi connectivity index (χ2n) is 5.01. The Morgan fingerprint density at radius 1 is 1.38 bits per heavy atom. The minimum atomic E-state index is -3.64. The van der Waals surface area contributed by atoms with E-state index in [1.54, 1.807) is 13.8 Å². The summed E-state index contributed by atoms with van der Waals surface area (Å²) in [4.78, 5) is 12.1. The van der Waals surface area contributed by atoms with Crippen LogP contribution in [-0.4, -0.2) is 38.3 Å². The highest BCUT2D eigenvalue weighted by molar-refractivity contribution is 7.89. The summed E-state index contributed by atoms with van der Waals surface area (Å²) >= 11 is 5.99. The molecule has 0 saturated heterocycles. The highest BCUT2D eigenvalue weighted by Gasteiger charge is 2.24. The summed E-state index contributed by atoms with van der Waals surface area (Å²) < 4.78 is 26.1. The van der Waals surface area contributed by atoms with Gasteiger partial charge in [-0.05, 0) is 38.5 Å². The highest BCUT2D eigenvalue weighted by atomic mass is 35.5. The maximum atomic E-state index is 12.4. The van der Waals surface area contributed by atoms with Crippen molar-refractivity contribution in [3.05, 3.63) is 28.8 Å². The molecule has 0 atom stereocenters. The van der Waals surface area contributed by atoms with Crippen molar-refractivity contribution >= 4 is 27.5 Å². The van der Waals surface area contributed by atoms with Gasteiger partial charge in [-0.2, -0.15) is 4.31 Å². The first-order valence-corrected chi connectivity index (χ1v) is 8.59. The average molecular weight is 333 g/mol. The van der Waals surface area contributed by atoms with Crippen molar-refractivity contribution in [3.63, 3.8) is 0 Å². The van der Waals surface area contributed by atoms with Crippen LogP contribution in [0.4, 0.5) is 0 Å². The molecule has 0 bridgehead atoms. The Morgan fingerprint density at radius 3 is 2.52 bits per heavy atom. The van der Waals surface area contributed by atoms with Crippen molar-refractivity contribution in [2.45, 2.75) is 38.1 Å². The van der Waals surface area contributed by atoms with Crippen molar-refractivity contribution in [1.82, 2.24) is 9.62 Å². The lowest BCUT2D eigenvalue weighted by Crippen LogP contribution is -2.33. The van der Waals surface area contributed by atoms with Gasteiger partial charge in [0, 0.05) is 19.6 Å². The number of hydrogen-bond acceptors (Lipinski definition) is 3. The Bertz CT molecular complexity index is 615. The van der Waals surface area contributed by atoms with Gasteiger partial charge in [-0.3, -0.25) is 4.79 Å². The van der Waals surface area contributed by atoms with Crippen molar-refractivity contribution < 1.29 is 13.2 Å². The van der Waals surface area contributed by atoms with Gasteiger partial charge in [0.1, 0.15) is 0 Å². The zero-order valence-corrected chi connectivity index (χ0v) is 14.3. The monoisotopic (exact) mass is 332 g/mol. The number of nitrogens with one attached hydrogen (secondary N) is 1. The van der Waals surface area contributed by atoms with E-state index in [0.29, 0.717) is 6.54 Å². The Hall–Kier alpha value is -1.11. The van der Waals surface area contributed by atoms with Crippen molar-refractivity contribution in [2.24, 2.45) is 0 Å². The average Bonchev–Trinajstić information content (AvgIpc) is 2.43. The number of benzene rings is 1. The molecule has 0 heterocycles. The first-order valence-electron chi connectivity index (χ1n) is 6.77. The maximum Gasteiger partial charge on any atom is 0.252 e. The summed E-state index contributed by atoms with van der Waals surface area (Å²) in [5, 5.41) is 2.92. The molecule has 21 heavy (non-hydrogen) atoms. The van der Waals surface area contributed by atoms with E-state index in [1.165, 1.54) is 29.6 Å². The molecular weight excluding hydrogens is 312 g/mol. The van der Waals surface area contributed by atoms with Gasteiger partial charge in [0.15, 0.2) is 0 Å². The Labute approximate surface area is 131 Å². The molecule has 0 radical (unpaired) electrons. The van der Waals surface area contributed by atoms with Gasteiger partial charge in [-0.15, -0.1) is 0 Å². The molecule has 0 aromatic heterocycles. The Morgan fingerprint density at radius 2 is 2.00 bits per heavy atom. The predicted molar refractivity (Wildman–Crippen MR) is 84.2 cm³/mol. The molecule has 5 nitrogen and oxygen atoms in total. The van der Waals surface area contributed by atoms with Gasteiger partial charge in [0.05, 0.1) is 15.5 Å². The topological polar surface area (TPSA) is 66.5 Å². The Balaban J connectivity index is 3.21. The summed E-state index contributed by atoms with van der Waals surface area (Å²) in [6.45, 7) is 6.00. The Kier molecular flexibility index (Phi) is 6.19. The third-order valence-electron chi connectivity index (χ3n) is 3.12. The first-order chi connectivity index (χ1) is 9.71. The van der Waals surface area contributed by atoms with Gasteiger partial charge in [-0.25, -0.2) is 8.42 Å². The normalized spacial score (nSPS) is 12.0. The minimum absolute atomic E-state index is 0.0600. The zero-order chi connectivity index (χ0) is 16.2. The molecule has 7 heteroatoms. The van der Waals surface area contributed by atoms with Crippen LogP contribution in [0.25, 0.3) is 0 Å². The van der Waals surface area contributed by atoms with E-state index in [-0.39, 0.29) is 27.4 Å².